The van der Waals surface area contributed by atoms with Gasteiger partial charge in [-0.25, -0.2) is 9.59 Å². The molecule has 5 atom stereocenters. The first-order chi connectivity index (χ1) is 11.0. The van der Waals surface area contributed by atoms with E-state index < -0.39 is 45.3 Å². The number of amides is 1. The van der Waals surface area contributed by atoms with Gasteiger partial charge in [-0.15, -0.1) is 11.8 Å². The number of hydrogen-bond acceptors (Lipinski definition) is 6. The van der Waals surface area contributed by atoms with Crippen molar-refractivity contribution in [3.63, 3.8) is 0 Å². The van der Waals surface area contributed by atoms with Crippen molar-refractivity contribution in [1.29, 1.82) is 0 Å². The molecule has 7 nitrogen and oxygen atoms in total. The number of β-lactam (4-membered cyclic amide) rings is 1. The molecule has 0 aromatic rings. The fourth-order valence-corrected chi connectivity index (χ4v) is 4.84. The van der Waals surface area contributed by atoms with Gasteiger partial charge < -0.3 is 19.5 Å². The number of ether oxygens (including phenoxy) is 2. The van der Waals surface area contributed by atoms with E-state index in [0.29, 0.717) is 0 Å². The van der Waals surface area contributed by atoms with Crippen LogP contribution in [0.1, 0.15) is 20.8 Å². The van der Waals surface area contributed by atoms with Crippen molar-refractivity contribution in [2.24, 2.45) is 5.92 Å². The SMILES string of the molecule is CC(OC(=O)OC(Cl)C(Cl)Cl)[C@H]1C(=O)N2C(C(=O)O)C(C)(C)S[C@H]12. The van der Waals surface area contributed by atoms with Gasteiger partial charge in [-0.2, -0.15) is 0 Å². The van der Waals surface area contributed by atoms with Crippen molar-refractivity contribution in [3.05, 3.63) is 0 Å². The predicted octanol–water partition coefficient (Wildman–Crippen LogP) is 2.66. The molecule has 2 rings (SSSR count). The minimum absolute atomic E-state index is 0.374. The summed E-state index contributed by atoms with van der Waals surface area (Å²) in [5.41, 5.74) is -1.28. The van der Waals surface area contributed by atoms with E-state index >= 15 is 0 Å². The van der Waals surface area contributed by atoms with Gasteiger partial charge in [-0.3, -0.25) is 4.79 Å². The molecule has 2 fully saturated rings. The normalized spacial score (nSPS) is 30.4. The Kier molecular flexibility index (Phi) is 5.74. The molecule has 0 aromatic carbocycles. The molecular formula is C13H16Cl3NO6S. The summed E-state index contributed by atoms with van der Waals surface area (Å²) in [4.78, 5) is 35.6. The lowest BCUT2D eigenvalue weighted by Crippen LogP contribution is -2.65. The van der Waals surface area contributed by atoms with Gasteiger partial charge in [0, 0.05) is 4.75 Å². The molecule has 11 heteroatoms. The number of nitrogens with zero attached hydrogens (tertiary/aromatic N) is 1. The third kappa shape index (κ3) is 3.52. The number of thioether (sulfide) groups is 1. The van der Waals surface area contributed by atoms with E-state index in [1.54, 1.807) is 13.8 Å². The Morgan fingerprint density at radius 1 is 1.29 bits per heavy atom. The summed E-state index contributed by atoms with van der Waals surface area (Å²) in [7, 11) is 0. The van der Waals surface area contributed by atoms with Crippen molar-refractivity contribution in [2.45, 2.75) is 53.4 Å². The number of carbonyl (C=O) groups is 3. The molecular weight excluding hydrogens is 405 g/mol. The number of fused-ring (bicyclic) bond motifs is 1. The average molecular weight is 421 g/mol. The molecule has 3 unspecified atom stereocenters. The first-order valence-corrected chi connectivity index (χ1v) is 9.18. The molecule has 0 aliphatic carbocycles. The molecule has 0 bridgehead atoms. The van der Waals surface area contributed by atoms with Gasteiger partial charge in [-0.1, -0.05) is 34.8 Å². The molecule has 0 aromatic heterocycles. The van der Waals surface area contributed by atoms with Crippen LogP contribution in [0.2, 0.25) is 0 Å². The van der Waals surface area contributed by atoms with E-state index in [4.69, 9.17) is 39.5 Å². The van der Waals surface area contributed by atoms with Crippen LogP contribution in [0.5, 0.6) is 0 Å². The zero-order valence-electron chi connectivity index (χ0n) is 12.9. The van der Waals surface area contributed by atoms with Crippen LogP contribution in [0, 0.1) is 5.92 Å². The van der Waals surface area contributed by atoms with Gasteiger partial charge in [-0.05, 0) is 20.8 Å². The van der Waals surface area contributed by atoms with Crippen LogP contribution in [-0.2, 0) is 19.1 Å². The average Bonchev–Trinajstić information content (AvgIpc) is 2.66. The predicted molar refractivity (Wildman–Crippen MR) is 89.4 cm³/mol. The molecule has 2 heterocycles. The van der Waals surface area contributed by atoms with Crippen molar-refractivity contribution in [1.82, 2.24) is 4.90 Å². The van der Waals surface area contributed by atoms with Crippen LogP contribution in [-0.4, -0.2) is 60.7 Å². The first-order valence-electron chi connectivity index (χ1n) is 6.99. The van der Waals surface area contributed by atoms with Crippen LogP contribution in [0.3, 0.4) is 0 Å². The molecule has 136 valence electrons. The second-order valence-corrected chi connectivity index (χ2v) is 9.37. The molecule has 1 N–H and O–H groups in total. The zero-order valence-corrected chi connectivity index (χ0v) is 16.0. The summed E-state index contributed by atoms with van der Waals surface area (Å²) >= 11 is 17.9. The minimum Gasteiger partial charge on any atom is -0.480 e. The third-order valence-electron chi connectivity index (χ3n) is 3.91. The largest absolute Gasteiger partial charge is 0.510 e. The number of alkyl halides is 3. The zero-order chi connectivity index (χ0) is 18.4. The lowest BCUT2D eigenvalue weighted by Gasteiger charge is -2.45. The Morgan fingerprint density at radius 2 is 1.88 bits per heavy atom. The van der Waals surface area contributed by atoms with Gasteiger partial charge in [0.05, 0.1) is 5.37 Å². The Bertz CT molecular complexity index is 560. The number of hydrogen-bond donors (Lipinski definition) is 1. The number of carboxylic acids is 1. The maximum absolute atomic E-state index is 12.3. The molecule has 0 saturated carbocycles. The summed E-state index contributed by atoms with van der Waals surface area (Å²) in [6.45, 7) is 5.06. The lowest BCUT2D eigenvalue weighted by molar-refractivity contribution is -0.169. The second kappa shape index (κ2) is 6.97. The van der Waals surface area contributed by atoms with Gasteiger partial charge in [0.15, 0.2) is 4.84 Å². The monoisotopic (exact) mass is 419 g/mol. The van der Waals surface area contributed by atoms with Crippen molar-refractivity contribution >= 4 is 64.6 Å². The fraction of sp³-hybridized carbons (Fsp3) is 0.769. The summed E-state index contributed by atoms with van der Waals surface area (Å²) in [6, 6.07) is -0.920. The van der Waals surface area contributed by atoms with E-state index in [9.17, 15) is 19.5 Å². The van der Waals surface area contributed by atoms with Crippen molar-refractivity contribution in [2.75, 3.05) is 0 Å². The Hall–Kier alpha value is -0.570. The maximum atomic E-state index is 12.3. The topological polar surface area (TPSA) is 93.1 Å². The number of carboxylic acid groups (broad SMARTS) is 1. The summed E-state index contributed by atoms with van der Waals surface area (Å²) in [5, 5.41) is 8.98. The molecule has 1 amide bonds. The number of carbonyl (C=O) groups excluding carboxylic acids is 2. The van der Waals surface area contributed by atoms with Gasteiger partial charge in [0.2, 0.25) is 11.5 Å². The van der Waals surface area contributed by atoms with Crippen LogP contribution < -0.4 is 0 Å². The van der Waals surface area contributed by atoms with Gasteiger partial charge in [0.25, 0.3) is 0 Å². The third-order valence-corrected chi connectivity index (χ3v) is 6.56. The highest BCUT2D eigenvalue weighted by Gasteiger charge is 2.65. The number of halogens is 3. The van der Waals surface area contributed by atoms with E-state index in [-0.39, 0.29) is 11.3 Å². The Morgan fingerprint density at radius 3 is 2.38 bits per heavy atom. The van der Waals surface area contributed by atoms with E-state index in [1.807, 2.05) is 0 Å². The standard InChI is InChI=1S/C13H16Cl3NO6S/c1-4(22-12(21)23-8(16)7(14)15)5-9(18)17-6(11(19)20)13(2,3)24-10(5)17/h4-8,10H,1-3H3,(H,19,20)/t4?,5-,6?,8?,10+/m0/s1. The van der Waals surface area contributed by atoms with Gasteiger partial charge >= 0.3 is 12.1 Å². The molecule has 0 radical (unpaired) electrons. The molecule has 2 aliphatic heterocycles. The lowest BCUT2D eigenvalue weighted by atomic mass is 9.88. The maximum Gasteiger partial charge on any atom is 0.510 e. The van der Waals surface area contributed by atoms with Crippen LogP contribution in [0.4, 0.5) is 4.79 Å². The van der Waals surface area contributed by atoms with E-state index in [2.05, 4.69) is 4.74 Å². The Labute approximate surface area is 157 Å². The highest BCUT2D eigenvalue weighted by molar-refractivity contribution is 8.01. The highest BCUT2D eigenvalue weighted by Crippen LogP contribution is 2.54. The molecule has 2 saturated heterocycles. The highest BCUT2D eigenvalue weighted by atomic mass is 35.5. The Balaban J connectivity index is 2.01. The molecule has 0 spiro atoms. The van der Waals surface area contributed by atoms with Crippen LogP contribution in [0.15, 0.2) is 0 Å². The minimum atomic E-state index is -1.28. The number of rotatable bonds is 5. The second-order valence-electron chi connectivity index (χ2n) is 6.00. The van der Waals surface area contributed by atoms with Crippen molar-refractivity contribution < 1.29 is 29.0 Å². The van der Waals surface area contributed by atoms with E-state index in [0.717, 1.165) is 0 Å². The van der Waals surface area contributed by atoms with E-state index in [1.165, 1.54) is 23.6 Å². The smallest absolute Gasteiger partial charge is 0.480 e. The number of aliphatic carboxylic acids is 1. The van der Waals surface area contributed by atoms with Crippen LogP contribution >= 0.6 is 46.6 Å². The van der Waals surface area contributed by atoms with Crippen LogP contribution in [0.25, 0.3) is 0 Å². The summed E-state index contributed by atoms with van der Waals surface area (Å²) < 4.78 is 9.06. The van der Waals surface area contributed by atoms with Gasteiger partial charge in [0.1, 0.15) is 18.1 Å². The molecule has 2 aliphatic rings. The van der Waals surface area contributed by atoms with Crippen molar-refractivity contribution in [3.8, 4) is 0 Å². The first kappa shape index (κ1) is 19.8. The molecule has 24 heavy (non-hydrogen) atoms. The summed E-state index contributed by atoms with van der Waals surface area (Å²) in [5.74, 6) is -2.08. The quantitative estimate of drug-likeness (QED) is 0.415. The fourth-order valence-electron chi connectivity index (χ4n) is 2.87. The summed E-state index contributed by atoms with van der Waals surface area (Å²) in [6.07, 6.45) is -1.91.